The predicted octanol–water partition coefficient (Wildman–Crippen LogP) is -4.41. The van der Waals surface area contributed by atoms with E-state index in [1.54, 1.807) is 24.3 Å². The maximum absolute atomic E-state index is 16.2. The van der Waals surface area contributed by atoms with E-state index in [1.807, 2.05) is 13.0 Å². The quantitative estimate of drug-likeness (QED) is 0.0239. The molecule has 0 aromatic heterocycles. The number of allylic oxidation sites excluding steroid dienone is 1. The molecule has 10 fully saturated rings. The highest BCUT2D eigenvalue weighted by molar-refractivity contribution is 5.87. The number of methoxy groups -OCH3 is 1. The van der Waals surface area contributed by atoms with Gasteiger partial charge in [0.2, 0.25) is 6.29 Å². The Bertz CT molecular complexity index is 3440. The molecule has 628 valence electrons. The second kappa shape index (κ2) is 33.3. The molecule has 0 spiro atoms. The van der Waals surface area contributed by atoms with E-state index in [9.17, 15) is 107 Å². The number of aliphatic carboxylic acids is 1. The van der Waals surface area contributed by atoms with E-state index in [-0.39, 0.29) is 38.5 Å². The van der Waals surface area contributed by atoms with Gasteiger partial charge >= 0.3 is 17.9 Å². The first-order valence-corrected chi connectivity index (χ1v) is 38.1. The molecular weight excluding hydrogens is 1480 g/mol. The molecule has 0 radical (unpaired) electrons. The number of ether oxygens (including phenoxy) is 14. The van der Waals surface area contributed by atoms with Gasteiger partial charge in [0.15, 0.2) is 43.7 Å². The first kappa shape index (κ1) is 86.1. The Hall–Kier alpha value is -4.25. The summed E-state index contributed by atoms with van der Waals surface area (Å²) in [4.78, 5) is 43.5. The molecule has 36 nitrogen and oxygen atoms in total. The summed E-state index contributed by atoms with van der Waals surface area (Å²) in [5, 5.41) is 213. The molecule has 1 aromatic rings. The maximum atomic E-state index is 16.2. The van der Waals surface area contributed by atoms with E-state index in [0.717, 1.165) is 11.6 Å². The molecule has 6 saturated heterocycles. The molecule has 0 bridgehead atoms. The predicted molar refractivity (Wildman–Crippen MR) is 370 cm³/mol. The largest absolute Gasteiger partial charge is 0.497 e. The Morgan fingerprint density at radius 2 is 1.05 bits per heavy atom. The van der Waals surface area contributed by atoms with E-state index in [0.29, 0.717) is 30.6 Å². The first-order valence-electron chi connectivity index (χ1n) is 38.1. The van der Waals surface area contributed by atoms with Gasteiger partial charge in [-0.25, -0.2) is 4.79 Å². The summed E-state index contributed by atoms with van der Waals surface area (Å²) >= 11 is 0. The Morgan fingerprint density at radius 1 is 0.523 bits per heavy atom. The van der Waals surface area contributed by atoms with Gasteiger partial charge in [0, 0.05) is 11.5 Å². The number of hydrogen-bond acceptors (Lipinski definition) is 35. The van der Waals surface area contributed by atoms with Crippen LogP contribution in [0, 0.1) is 50.2 Å². The molecule has 19 N–H and O–H groups in total. The molecule has 0 amide bonds. The SMILES string of the molecule is COc1ccc(/C=C/C(=O)O[C@@H]2[C@@H](O)[C@@H](O)[C@H](O[C@H]3[C@H](OC(=O)[C@]45CCC(C)(C)CC4C4=CC[C@@H]6[C@@]7(C)C[C@H](O)[C@H](O[C@@H]8O[C@H](CO)[C@@H](O)[C@H](O)[C@H]8O)[C@@](C)(C(=O)O)C7CC[C@@]6(C)[C@]4(CO)CC5)O[C@H](C)[C@H](O[C@@H]4OC[C@@H](O[C@@H]5O[C@H](CO)[C@H](O)[C@H](O)[C@H]5O)[C@H](O[C@@H]5O[C@H](CO)[C@@H](O)[C@H](O)[C@H]5O)[C@H]4O)[C@@H]3O)O[C@H]2C)cc1. The summed E-state index contributed by atoms with van der Waals surface area (Å²) < 4.78 is 84.3. The van der Waals surface area contributed by atoms with Crippen molar-refractivity contribution in [3.05, 3.63) is 47.6 Å². The third kappa shape index (κ3) is 15.3. The van der Waals surface area contributed by atoms with Crippen molar-refractivity contribution in [3.63, 3.8) is 0 Å². The highest BCUT2D eigenvalue weighted by atomic mass is 16.8. The fourth-order valence-electron chi connectivity index (χ4n) is 20.5. The second-order valence-electron chi connectivity index (χ2n) is 33.8. The maximum Gasteiger partial charge on any atom is 0.331 e. The van der Waals surface area contributed by atoms with Crippen LogP contribution in [0.5, 0.6) is 5.75 Å². The standard InChI is InChI=1S/C75H112O36/c1-30-57(106-43(81)16-11-32-9-12-33(98-8)13-10-32)50(88)54(92)63(100-30)109-60-55(93)58(107-62-56(94)59(108-65-52(90)48(86)45(83)38(26-77)103-65)40(28-99-62)105-64-51(89)47(85)44(82)37(25-76)102-64)31(2)101-67(60)111-69(97)74-20-19-70(3,4)23-35(74)34-14-15-41-71(5)24-36(80)61(110-66-53(91)49(87)46(84)39(27-78)104-66)73(7,68(95)96)42(71)17-18-72(41,6)75(34,29-79)22-21-74/h9-14,16,30-31,35-42,44-67,76-80,82-94H,15,17-29H2,1-8H3,(H,95,96)/b16-11+/t30-,31+,35?,36-,37+,38+,39+,40+,41+,42?,44-,45+,46+,47-,48-,49-,50-,51+,52+,53+,54+,55-,56+,57-,58-,59-,60+,61-,62-,63-,64-,65-,66-,67-,71+,72+,73-,74-,75-/m0/s1. The van der Waals surface area contributed by atoms with E-state index >= 15 is 4.79 Å². The second-order valence-corrected chi connectivity index (χ2v) is 33.8. The zero-order valence-electron chi connectivity index (χ0n) is 63.0. The molecule has 1 aromatic carbocycles. The minimum absolute atomic E-state index is 0.0295. The van der Waals surface area contributed by atoms with Crippen molar-refractivity contribution < 1.29 is 178 Å². The number of esters is 2. The average Bonchev–Trinajstić information content (AvgIpc) is 0.668. The van der Waals surface area contributed by atoms with Crippen molar-refractivity contribution in [2.45, 2.75) is 297 Å². The number of carboxylic acids is 1. The van der Waals surface area contributed by atoms with Gasteiger partial charge in [-0.05, 0) is 136 Å². The Balaban J connectivity index is 0.840. The molecule has 6 heterocycles. The van der Waals surface area contributed by atoms with Gasteiger partial charge in [-0.2, -0.15) is 0 Å². The first-order chi connectivity index (χ1) is 52.3. The van der Waals surface area contributed by atoms with Crippen molar-refractivity contribution in [2.24, 2.45) is 50.2 Å². The van der Waals surface area contributed by atoms with Gasteiger partial charge in [-0.15, -0.1) is 0 Å². The van der Waals surface area contributed by atoms with Crippen molar-refractivity contribution in [2.75, 3.05) is 40.1 Å². The normalized spacial score (nSPS) is 49.9. The van der Waals surface area contributed by atoms with Crippen LogP contribution in [0.4, 0.5) is 0 Å². The number of hydrogen-bond donors (Lipinski definition) is 19. The van der Waals surface area contributed by atoms with Crippen LogP contribution in [0.3, 0.4) is 0 Å². The lowest BCUT2D eigenvalue weighted by Gasteiger charge is -2.71. The lowest BCUT2D eigenvalue weighted by molar-refractivity contribution is -0.392. The molecule has 2 unspecified atom stereocenters. The fraction of sp³-hybridized carbons (Fsp3) is 0.827. The van der Waals surface area contributed by atoms with Crippen molar-refractivity contribution >= 4 is 24.0 Å². The minimum atomic E-state index is -2.17. The summed E-state index contributed by atoms with van der Waals surface area (Å²) in [6, 6.07) is 6.68. The van der Waals surface area contributed by atoms with Crippen LogP contribution in [0.1, 0.15) is 112 Å². The Kier molecular flexibility index (Phi) is 25.8. The van der Waals surface area contributed by atoms with Crippen LogP contribution >= 0.6 is 0 Å². The van der Waals surface area contributed by atoms with E-state index in [1.165, 1.54) is 34.0 Å². The number of carbonyl (C=O) groups excluding carboxylic acids is 2. The van der Waals surface area contributed by atoms with Gasteiger partial charge in [0.05, 0.1) is 69.3 Å². The van der Waals surface area contributed by atoms with Crippen LogP contribution < -0.4 is 4.74 Å². The van der Waals surface area contributed by atoms with Crippen LogP contribution in [0.15, 0.2) is 42.0 Å². The van der Waals surface area contributed by atoms with Gasteiger partial charge in [-0.1, -0.05) is 51.5 Å². The highest BCUT2D eigenvalue weighted by Crippen LogP contribution is 2.76. The van der Waals surface area contributed by atoms with Gasteiger partial charge in [0.25, 0.3) is 0 Å². The molecule has 5 aliphatic carbocycles. The molecular formula is C75H112O36. The van der Waals surface area contributed by atoms with Crippen LogP contribution in [-0.2, 0) is 76.0 Å². The number of rotatable bonds is 21. The number of carbonyl (C=O) groups is 3. The van der Waals surface area contributed by atoms with Crippen LogP contribution in [0.25, 0.3) is 6.08 Å². The summed E-state index contributed by atoms with van der Waals surface area (Å²) in [6.45, 7) is 8.65. The molecule has 36 heteroatoms. The highest BCUT2D eigenvalue weighted by Gasteiger charge is 2.74. The summed E-state index contributed by atoms with van der Waals surface area (Å²) in [7, 11) is 1.49. The van der Waals surface area contributed by atoms with Gasteiger partial charge < -0.3 is 163 Å². The van der Waals surface area contributed by atoms with Crippen LogP contribution in [-0.4, -0.2) is 345 Å². The lowest BCUT2D eigenvalue weighted by atomic mass is 9.33. The zero-order valence-corrected chi connectivity index (χ0v) is 63.0. The van der Waals surface area contributed by atoms with Gasteiger partial charge in [0.1, 0.15) is 128 Å². The van der Waals surface area contributed by atoms with E-state index < -0.39 is 292 Å². The van der Waals surface area contributed by atoms with Crippen molar-refractivity contribution in [1.29, 1.82) is 0 Å². The lowest BCUT2D eigenvalue weighted by Crippen LogP contribution is -2.71. The number of benzene rings is 1. The average molecular weight is 1590 g/mol. The third-order valence-electron chi connectivity index (χ3n) is 27.0. The topological polar surface area (TPSA) is 565 Å². The Morgan fingerprint density at radius 3 is 1.61 bits per heavy atom. The fourth-order valence-corrected chi connectivity index (χ4v) is 20.5. The van der Waals surface area contributed by atoms with Crippen LogP contribution in [0.2, 0.25) is 0 Å². The van der Waals surface area contributed by atoms with E-state index in [2.05, 4.69) is 20.8 Å². The number of aliphatic hydroxyl groups excluding tert-OH is 18. The Labute approximate surface area is 639 Å². The number of carboxylic acid groups (broad SMARTS) is 1. The summed E-state index contributed by atoms with van der Waals surface area (Å²) in [5.41, 5.74) is -5.32. The van der Waals surface area contributed by atoms with Crippen molar-refractivity contribution in [3.8, 4) is 5.75 Å². The molecule has 6 aliphatic heterocycles. The third-order valence-corrected chi connectivity index (χ3v) is 27.0. The zero-order chi connectivity index (χ0) is 80.8. The summed E-state index contributed by atoms with van der Waals surface area (Å²) in [5.74, 6) is -4.37. The molecule has 111 heavy (non-hydrogen) atoms. The van der Waals surface area contributed by atoms with Gasteiger partial charge in [-0.3, -0.25) is 9.59 Å². The monoisotopic (exact) mass is 1590 g/mol. The molecule has 4 saturated carbocycles. The molecule has 12 rings (SSSR count). The number of fused-ring (bicyclic) bond motifs is 7. The minimum Gasteiger partial charge on any atom is -0.497 e. The van der Waals surface area contributed by atoms with E-state index in [4.69, 9.17) is 66.3 Å². The molecule has 39 atom stereocenters. The number of aliphatic hydroxyl groups is 18. The smallest absolute Gasteiger partial charge is 0.331 e. The molecule has 11 aliphatic rings. The van der Waals surface area contributed by atoms with Crippen molar-refractivity contribution in [1.82, 2.24) is 0 Å². The summed E-state index contributed by atoms with van der Waals surface area (Å²) in [6.07, 6.45) is -49.6.